The van der Waals surface area contributed by atoms with Crippen molar-refractivity contribution in [3.63, 3.8) is 0 Å². The van der Waals surface area contributed by atoms with Crippen LogP contribution in [0.4, 0.5) is 0 Å². The van der Waals surface area contributed by atoms with E-state index in [4.69, 9.17) is 0 Å². The van der Waals surface area contributed by atoms with Crippen molar-refractivity contribution >= 4 is 5.91 Å². The Labute approximate surface area is 128 Å². The van der Waals surface area contributed by atoms with Gasteiger partial charge in [0, 0.05) is 6.54 Å². The predicted molar refractivity (Wildman–Crippen MR) is 86.9 cm³/mol. The lowest BCUT2D eigenvalue weighted by Crippen LogP contribution is -2.37. The molecule has 0 bridgehead atoms. The molecule has 1 saturated heterocycles. The number of hydrogen-bond donors (Lipinski definition) is 1. The molecule has 2 unspecified atom stereocenters. The monoisotopic (exact) mass is 288 g/mol. The molecule has 1 fully saturated rings. The average molecular weight is 288 g/mol. The Kier molecular flexibility index (Phi) is 4.72. The summed E-state index contributed by atoms with van der Waals surface area (Å²) >= 11 is 0. The van der Waals surface area contributed by atoms with Crippen molar-refractivity contribution in [1.82, 2.24) is 10.2 Å². The molecule has 21 heavy (non-hydrogen) atoms. The van der Waals surface area contributed by atoms with Gasteiger partial charge in [0.05, 0.1) is 6.54 Å². The SMILES string of the molecule is CCc1ccc(C2NCC(=O)N2CC(C)C(C)(C)C)cc1. The van der Waals surface area contributed by atoms with Crippen LogP contribution >= 0.6 is 0 Å². The second-order valence-corrected chi connectivity index (χ2v) is 7.19. The lowest BCUT2D eigenvalue weighted by Gasteiger charge is -2.34. The topological polar surface area (TPSA) is 32.3 Å². The highest BCUT2D eigenvalue weighted by molar-refractivity contribution is 5.81. The third kappa shape index (κ3) is 3.65. The predicted octanol–water partition coefficient (Wildman–Crippen LogP) is 3.36. The smallest absolute Gasteiger partial charge is 0.238 e. The van der Waals surface area contributed by atoms with E-state index in [0.717, 1.165) is 13.0 Å². The van der Waals surface area contributed by atoms with Gasteiger partial charge < -0.3 is 4.90 Å². The van der Waals surface area contributed by atoms with Gasteiger partial charge in [0.15, 0.2) is 0 Å². The van der Waals surface area contributed by atoms with Gasteiger partial charge in [-0.2, -0.15) is 0 Å². The van der Waals surface area contributed by atoms with Gasteiger partial charge in [-0.3, -0.25) is 10.1 Å². The van der Waals surface area contributed by atoms with Crippen LogP contribution in [0.25, 0.3) is 0 Å². The summed E-state index contributed by atoms with van der Waals surface area (Å²) < 4.78 is 0. The molecule has 1 aromatic rings. The minimum atomic E-state index is 0.0215. The fourth-order valence-corrected chi connectivity index (χ4v) is 2.55. The molecule has 0 radical (unpaired) electrons. The van der Waals surface area contributed by atoms with Gasteiger partial charge in [0.25, 0.3) is 0 Å². The summed E-state index contributed by atoms with van der Waals surface area (Å²) in [6, 6.07) is 8.60. The zero-order chi connectivity index (χ0) is 15.6. The number of nitrogens with zero attached hydrogens (tertiary/aromatic N) is 1. The first-order valence-electron chi connectivity index (χ1n) is 7.94. The molecular weight excluding hydrogens is 260 g/mol. The molecule has 3 heteroatoms. The fraction of sp³-hybridized carbons (Fsp3) is 0.611. The van der Waals surface area contributed by atoms with Crippen LogP contribution in [0.15, 0.2) is 24.3 Å². The maximum atomic E-state index is 12.2. The standard InChI is InChI=1S/C18H28N2O/c1-6-14-7-9-15(10-8-14)17-19-11-16(21)20(17)12-13(2)18(3,4)5/h7-10,13,17,19H,6,11-12H2,1-5H3. The van der Waals surface area contributed by atoms with Crippen LogP contribution in [0.1, 0.15) is 51.9 Å². The van der Waals surface area contributed by atoms with Crippen LogP contribution < -0.4 is 5.32 Å². The Morgan fingerprint density at radius 1 is 1.29 bits per heavy atom. The molecule has 1 amide bonds. The fourth-order valence-electron chi connectivity index (χ4n) is 2.55. The molecular formula is C18H28N2O. The number of nitrogens with one attached hydrogen (secondary N) is 1. The number of aryl methyl sites for hydroxylation is 1. The summed E-state index contributed by atoms with van der Waals surface area (Å²) in [5.41, 5.74) is 2.72. The average Bonchev–Trinajstić information content (AvgIpc) is 2.79. The van der Waals surface area contributed by atoms with E-state index in [1.807, 2.05) is 4.90 Å². The summed E-state index contributed by atoms with van der Waals surface area (Å²) in [5.74, 6) is 0.662. The zero-order valence-corrected chi connectivity index (χ0v) is 13.9. The largest absolute Gasteiger partial charge is 0.322 e. The number of hydrogen-bond acceptors (Lipinski definition) is 2. The molecule has 1 aliphatic heterocycles. The van der Waals surface area contributed by atoms with Gasteiger partial charge in [-0.1, -0.05) is 58.9 Å². The van der Waals surface area contributed by atoms with Crippen molar-refractivity contribution < 1.29 is 4.79 Å². The molecule has 1 N–H and O–H groups in total. The van der Waals surface area contributed by atoms with Gasteiger partial charge in [0.2, 0.25) is 5.91 Å². The molecule has 2 rings (SSSR count). The molecule has 2 atom stereocenters. The van der Waals surface area contributed by atoms with Gasteiger partial charge in [0.1, 0.15) is 6.17 Å². The van der Waals surface area contributed by atoms with Crippen molar-refractivity contribution in [3.8, 4) is 0 Å². The van der Waals surface area contributed by atoms with Crippen molar-refractivity contribution in [2.45, 2.75) is 47.2 Å². The van der Waals surface area contributed by atoms with Crippen LogP contribution in [-0.2, 0) is 11.2 Å². The summed E-state index contributed by atoms with van der Waals surface area (Å²) in [5, 5.41) is 3.34. The van der Waals surface area contributed by atoms with E-state index < -0.39 is 0 Å². The summed E-state index contributed by atoms with van der Waals surface area (Å²) in [4.78, 5) is 14.2. The lowest BCUT2D eigenvalue weighted by molar-refractivity contribution is -0.129. The maximum Gasteiger partial charge on any atom is 0.238 e. The molecule has 3 nitrogen and oxygen atoms in total. The van der Waals surface area contributed by atoms with E-state index in [2.05, 4.69) is 64.2 Å². The highest BCUT2D eigenvalue weighted by Crippen LogP contribution is 2.30. The normalized spacial score (nSPS) is 20.9. The minimum Gasteiger partial charge on any atom is -0.322 e. The van der Waals surface area contributed by atoms with Crippen LogP contribution in [0.3, 0.4) is 0 Å². The Balaban J connectivity index is 2.16. The molecule has 1 aromatic carbocycles. The first-order chi connectivity index (χ1) is 9.82. The Bertz CT molecular complexity index is 487. The Morgan fingerprint density at radius 2 is 1.90 bits per heavy atom. The molecule has 0 spiro atoms. The second kappa shape index (κ2) is 6.18. The molecule has 1 heterocycles. The van der Waals surface area contributed by atoms with E-state index in [9.17, 15) is 4.79 Å². The third-order valence-electron chi connectivity index (χ3n) is 4.73. The number of carbonyl (C=O) groups is 1. The van der Waals surface area contributed by atoms with E-state index in [1.165, 1.54) is 11.1 Å². The van der Waals surface area contributed by atoms with E-state index in [1.54, 1.807) is 0 Å². The summed E-state index contributed by atoms with van der Waals surface area (Å²) in [6.45, 7) is 12.3. The maximum absolute atomic E-state index is 12.2. The van der Waals surface area contributed by atoms with Gasteiger partial charge in [-0.15, -0.1) is 0 Å². The van der Waals surface area contributed by atoms with Crippen molar-refractivity contribution in [1.29, 1.82) is 0 Å². The van der Waals surface area contributed by atoms with Gasteiger partial charge in [-0.05, 0) is 28.9 Å². The molecule has 0 aromatic heterocycles. The minimum absolute atomic E-state index is 0.0215. The first kappa shape index (κ1) is 16.0. The third-order valence-corrected chi connectivity index (χ3v) is 4.73. The molecule has 0 saturated carbocycles. The van der Waals surface area contributed by atoms with Crippen molar-refractivity contribution in [2.24, 2.45) is 11.3 Å². The molecule has 0 aliphatic carbocycles. The number of benzene rings is 1. The second-order valence-electron chi connectivity index (χ2n) is 7.19. The highest BCUT2D eigenvalue weighted by Gasteiger charge is 2.34. The van der Waals surface area contributed by atoms with Gasteiger partial charge >= 0.3 is 0 Å². The van der Waals surface area contributed by atoms with E-state index >= 15 is 0 Å². The summed E-state index contributed by atoms with van der Waals surface area (Å²) in [6.07, 6.45) is 1.07. The van der Waals surface area contributed by atoms with E-state index in [0.29, 0.717) is 12.5 Å². The number of rotatable bonds is 4. The number of amides is 1. The summed E-state index contributed by atoms with van der Waals surface area (Å²) in [7, 11) is 0. The Morgan fingerprint density at radius 3 is 2.43 bits per heavy atom. The number of carbonyl (C=O) groups excluding carboxylic acids is 1. The lowest BCUT2D eigenvalue weighted by atomic mass is 9.81. The first-order valence-corrected chi connectivity index (χ1v) is 7.94. The zero-order valence-electron chi connectivity index (χ0n) is 13.9. The molecule has 1 aliphatic rings. The van der Waals surface area contributed by atoms with Crippen LogP contribution in [0.5, 0.6) is 0 Å². The van der Waals surface area contributed by atoms with Crippen LogP contribution in [-0.4, -0.2) is 23.9 Å². The highest BCUT2D eigenvalue weighted by atomic mass is 16.2. The molecule has 116 valence electrons. The Hall–Kier alpha value is -1.35. The van der Waals surface area contributed by atoms with Gasteiger partial charge in [-0.25, -0.2) is 0 Å². The van der Waals surface area contributed by atoms with Crippen molar-refractivity contribution in [3.05, 3.63) is 35.4 Å². The van der Waals surface area contributed by atoms with E-state index in [-0.39, 0.29) is 17.5 Å². The van der Waals surface area contributed by atoms with Crippen molar-refractivity contribution in [2.75, 3.05) is 13.1 Å². The quantitative estimate of drug-likeness (QED) is 0.921. The van der Waals surface area contributed by atoms with Crippen LogP contribution in [0.2, 0.25) is 0 Å². The van der Waals surface area contributed by atoms with Crippen LogP contribution in [0, 0.1) is 11.3 Å².